The first-order valence-corrected chi connectivity index (χ1v) is 6.30. The number of hydrogen-bond acceptors (Lipinski definition) is 7. The van der Waals surface area contributed by atoms with Crippen LogP contribution in [0, 0.1) is 0 Å². The summed E-state index contributed by atoms with van der Waals surface area (Å²) in [7, 11) is 0. The summed E-state index contributed by atoms with van der Waals surface area (Å²) in [5.74, 6) is -0.445. The zero-order valence-corrected chi connectivity index (χ0v) is 11.3. The third-order valence-electron chi connectivity index (χ3n) is 2.57. The maximum atomic E-state index is 11.4. The molecule has 8 heteroatoms. The second-order valence-electron chi connectivity index (χ2n) is 4.26. The van der Waals surface area contributed by atoms with E-state index in [1.165, 1.54) is 0 Å². The van der Waals surface area contributed by atoms with E-state index in [0.29, 0.717) is 0 Å². The number of anilines is 1. The molecule has 0 saturated heterocycles. The number of aliphatic hydroxyl groups is 4. The molecule has 0 spiro atoms. The summed E-state index contributed by atoms with van der Waals surface area (Å²) in [6.45, 7) is -0.710. The molecule has 1 aromatic rings. The zero-order chi connectivity index (χ0) is 15.7. The van der Waals surface area contributed by atoms with E-state index in [-0.39, 0.29) is 6.54 Å². The molecule has 21 heavy (non-hydrogen) atoms. The van der Waals surface area contributed by atoms with Gasteiger partial charge in [-0.25, -0.2) is 5.43 Å². The average molecular weight is 297 g/mol. The first kappa shape index (κ1) is 17.1. The summed E-state index contributed by atoms with van der Waals surface area (Å²) in [6.07, 6.45) is -3.71. The van der Waals surface area contributed by atoms with E-state index in [2.05, 4.69) is 15.8 Å². The van der Waals surface area contributed by atoms with E-state index >= 15 is 0 Å². The molecule has 0 saturated carbocycles. The molecule has 0 aliphatic heterocycles. The van der Waals surface area contributed by atoms with Crippen LogP contribution < -0.4 is 10.7 Å². The van der Waals surface area contributed by atoms with Crippen molar-refractivity contribution in [3.05, 3.63) is 30.3 Å². The Labute approximate surface area is 121 Å². The Balaban J connectivity index is 2.30. The molecular weight excluding hydrogens is 278 g/mol. The molecule has 0 aliphatic rings. The Bertz CT molecular complexity index is 454. The van der Waals surface area contributed by atoms with Gasteiger partial charge >= 0.3 is 0 Å². The van der Waals surface area contributed by atoms with E-state index < -0.39 is 30.8 Å². The molecule has 8 nitrogen and oxygen atoms in total. The number of nitrogens with one attached hydrogen (secondary N) is 2. The lowest BCUT2D eigenvalue weighted by Crippen LogP contribution is -2.40. The predicted molar refractivity (Wildman–Crippen MR) is 76.7 cm³/mol. The highest BCUT2D eigenvalue weighted by Crippen LogP contribution is 2.03. The molecule has 1 amide bonds. The highest BCUT2D eigenvalue weighted by atomic mass is 16.4. The number of hydrazone groups is 1. The number of amides is 1. The van der Waals surface area contributed by atoms with Crippen molar-refractivity contribution in [3.8, 4) is 0 Å². The summed E-state index contributed by atoms with van der Waals surface area (Å²) in [6, 6.07) is 9.09. The van der Waals surface area contributed by atoms with Crippen molar-refractivity contribution in [2.24, 2.45) is 5.10 Å². The summed E-state index contributed by atoms with van der Waals surface area (Å²) in [5, 5.41) is 42.7. The maximum Gasteiger partial charge on any atom is 0.259 e. The van der Waals surface area contributed by atoms with Crippen molar-refractivity contribution in [2.45, 2.75) is 18.3 Å². The molecule has 0 fully saturated rings. The van der Waals surface area contributed by atoms with Gasteiger partial charge < -0.3 is 25.7 Å². The van der Waals surface area contributed by atoms with Crippen molar-refractivity contribution < 1.29 is 25.2 Å². The summed E-state index contributed by atoms with van der Waals surface area (Å²) in [4.78, 5) is 11.4. The van der Waals surface area contributed by atoms with Crippen molar-refractivity contribution in [1.82, 2.24) is 5.43 Å². The monoisotopic (exact) mass is 297 g/mol. The Hall–Kier alpha value is -2.00. The van der Waals surface area contributed by atoms with Gasteiger partial charge in [-0.15, -0.1) is 0 Å². The molecule has 116 valence electrons. The van der Waals surface area contributed by atoms with Gasteiger partial charge in [-0.05, 0) is 12.1 Å². The van der Waals surface area contributed by atoms with Crippen LogP contribution >= 0.6 is 0 Å². The Morgan fingerprint density at radius 3 is 2.52 bits per heavy atom. The standard InChI is InChI=1S/C13H19N3O5/c17-8-11(19)13(21)10(18)6-15-16-12(20)7-14-9-4-2-1-3-5-9/h1-6,10-11,13-14,17-19,21H,7-8H2,(H,16,20)/b15-6+/t10-,11+,13-/m0/s1. The van der Waals surface area contributed by atoms with E-state index in [1.54, 1.807) is 12.1 Å². The number of carbonyl (C=O) groups is 1. The molecule has 0 radical (unpaired) electrons. The van der Waals surface area contributed by atoms with Crippen LogP contribution in [-0.2, 0) is 4.79 Å². The van der Waals surface area contributed by atoms with Gasteiger partial charge in [-0.2, -0.15) is 5.10 Å². The van der Waals surface area contributed by atoms with Gasteiger partial charge in [0.25, 0.3) is 5.91 Å². The Morgan fingerprint density at radius 1 is 1.24 bits per heavy atom. The fraction of sp³-hybridized carbons (Fsp3) is 0.385. The number of carbonyl (C=O) groups excluding carboxylic acids is 1. The smallest absolute Gasteiger partial charge is 0.259 e. The van der Waals surface area contributed by atoms with Crippen LogP contribution in [0.1, 0.15) is 0 Å². The van der Waals surface area contributed by atoms with Crippen molar-refractivity contribution in [3.63, 3.8) is 0 Å². The number of benzene rings is 1. The molecule has 0 bridgehead atoms. The van der Waals surface area contributed by atoms with Gasteiger partial charge in [-0.1, -0.05) is 18.2 Å². The van der Waals surface area contributed by atoms with Crippen LogP contribution in [0.4, 0.5) is 5.69 Å². The minimum Gasteiger partial charge on any atom is -0.394 e. The van der Waals surface area contributed by atoms with Gasteiger partial charge in [0.2, 0.25) is 0 Å². The topological polar surface area (TPSA) is 134 Å². The van der Waals surface area contributed by atoms with Crippen LogP contribution in [0.5, 0.6) is 0 Å². The highest BCUT2D eigenvalue weighted by Gasteiger charge is 2.22. The van der Waals surface area contributed by atoms with Crippen LogP contribution in [0.15, 0.2) is 35.4 Å². The van der Waals surface area contributed by atoms with Gasteiger partial charge in [-0.3, -0.25) is 4.79 Å². The minimum absolute atomic E-state index is 0.0146. The summed E-state index contributed by atoms with van der Waals surface area (Å²) >= 11 is 0. The molecule has 0 aromatic heterocycles. The van der Waals surface area contributed by atoms with Crippen molar-refractivity contribution in [1.29, 1.82) is 0 Å². The summed E-state index contributed by atoms with van der Waals surface area (Å²) < 4.78 is 0. The Kier molecular flexibility index (Phi) is 7.33. The lowest BCUT2D eigenvalue weighted by molar-refractivity contribution is -0.119. The normalized spacial score (nSPS) is 15.4. The molecule has 0 unspecified atom stereocenters. The lowest BCUT2D eigenvalue weighted by atomic mass is 10.1. The largest absolute Gasteiger partial charge is 0.394 e. The third kappa shape index (κ3) is 6.32. The van der Waals surface area contributed by atoms with E-state index in [4.69, 9.17) is 10.2 Å². The van der Waals surface area contributed by atoms with E-state index in [0.717, 1.165) is 11.9 Å². The van der Waals surface area contributed by atoms with Crippen molar-refractivity contribution >= 4 is 17.8 Å². The van der Waals surface area contributed by atoms with Gasteiger partial charge in [0.15, 0.2) is 0 Å². The fourth-order valence-electron chi connectivity index (χ4n) is 1.39. The molecule has 3 atom stereocenters. The molecule has 1 rings (SSSR count). The molecular formula is C13H19N3O5. The van der Waals surface area contributed by atoms with Crippen LogP contribution in [0.2, 0.25) is 0 Å². The number of aliphatic hydroxyl groups excluding tert-OH is 4. The number of nitrogens with zero attached hydrogens (tertiary/aromatic N) is 1. The van der Waals surface area contributed by atoms with Crippen LogP contribution in [-0.4, -0.2) is 64.0 Å². The maximum absolute atomic E-state index is 11.4. The first-order chi connectivity index (χ1) is 10.0. The zero-order valence-electron chi connectivity index (χ0n) is 11.3. The number of rotatable bonds is 8. The van der Waals surface area contributed by atoms with Crippen LogP contribution in [0.3, 0.4) is 0 Å². The van der Waals surface area contributed by atoms with E-state index in [9.17, 15) is 15.0 Å². The van der Waals surface area contributed by atoms with Crippen molar-refractivity contribution in [2.75, 3.05) is 18.5 Å². The quantitative estimate of drug-likeness (QED) is 0.249. The second kappa shape index (κ2) is 9.03. The summed E-state index contributed by atoms with van der Waals surface area (Å²) in [5.41, 5.74) is 2.92. The molecule has 0 aliphatic carbocycles. The second-order valence-corrected chi connectivity index (χ2v) is 4.26. The van der Waals surface area contributed by atoms with E-state index in [1.807, 2.05) is 18.2 Å². The minimum atomic E-state index is -1.59. The first-order valence-electron chi connectivity index (χ1n) is 6.30. The predicted octanol–water partition coefficient (Wildman–Crippen LogP) is -1.72. The average Bonchev–Trinajstić information content (AvgIpc) is 2.52. The number of hydrogen-bond donors (Lipinski definition) is 6. The lowest BCUT2D eigenvalue weighted by Gasteiger charge is -2.17. The van der Waals surface area contributed by atoms with Gasteiger partial charge in [0.1, 0.15) is 18.3 Å². The third-order valence-corrected chi connectivity index (χ3v) is 2.57. The van der Waals surface area contributed by atoms with Gasteiger partial charge in [0.05, 0.1) is 19.4 Å². The highest BCUT2D eigenvalue weighted by molar-refractivity contribution is 5.81. The molecule has 1 aromatic carbocycles. The molecule has 6 N–H and O–H groups in total. The van der Waals surface area contributed by atoms with Crippen LogP contribution in [0.25, 0.3) is 0 Å². The van der Waals surface area contributed by atoms with Gasteiger partial charge in [0, 0.05) is 5.69 Å². The molecule has 0 heterocycles. The fourth-order valence-corrected chi connectivity index (χ4v) is 1.39. The number of para-hydroxylation sites is 1. The SMILES string of the molecule is O=C(CNc1ccccc1)N/N=C/[C@H](O)[C@H](O)[C@H](O)CO. The Morgan fingerprint density at radius 2 is 1.90 bits per heavy atom.